The first kappa shape index (κ1) is 12.9. The van der Waals surface area contributed by atoms with E-state index in [0.717, 1.165) is 0 Å². The van der Waals surface area contributed by atoms with Gasteiger partial charge in [-0.3, -0.25) is 0 Å². The lowest BCUT2D eigenvalue weighted by Gasteiger charge is -2.08. The minimum absolute atomic E-state index is 0.0295. The highest BCUT2D eigenvalue weighted by Crippen LogP contribution is 1.99. The van der Waals surface area contributed by atoms with Crippen LogP contribution in [0.1, 0.15) is 20.8 Å². The van der Waals surface area contributed by atoms with Crippen LogP contribution in [0.15, 0.2) is 24.3 Å². The monoisotopic (exact) mass is 197 g/mol. The third-order valence-electron chi connectivity index (χ3n) is 1.73. The number of esters is 1. The van der Waals surface area contributed by atoms with Crippen LogP contribution in [0.3, 0.4) is 0 Å². The fourth-order valence-corrected chi connectivity index (χ4v) is 0.739. The molecule has 0 aliphatic heterocycles. The van der Waals surface area contributed by atoms with Crippen LogP contribution in [0.5, 0.6) is 0 Å². The predicted octanol–water partition coefficient (Wildman–Crippen LogP) is 1.65. The van der Waals surface area contributed by atoms with E-state index in [1.54, 1.807) is 19.1 Å². The van der Waals surface area contributed by atoms with E-state index in [9.17, 15) is 4.79 Å². The molecular formula is C11H19NO2. The van der Waals surface area contributed by atoms with Crippen molar-refractivity contribution in [2.75, 3.05) is 6.61 Å². The quantitative estimate of drug-likeness (QED) is 0.414. The van der Waals surface area contributed by atoms with Crippen molar-refractivity contribution in [3.8, 4) is 0 Å². The molecule has 3 heteroatoms. The summed E-state index contributed by atoms with van der Waals surface area (Å²) < 4.78 is 4.71. The molecule has 1 atom stereocenters. The SMILES string of the molecule is CCOC(=O)/C=C/C=C/[C@@H](N)C(C)C. The van der Waals surface area contributed by atoms with Gasteiger partial charge >= 0.3 is 5.97 Å². The number of allylic oxidation sites excluding steroid dienone is 2. The maximum Gasteiger partial charge on any atom is 0.330 e. The minimum Gasteiger partial charge on any atom is -0.463 e. The highest BCUT2D eigenvalue weighted by atomic mass is 16.5. The topological polar surface area (TPSA) is 52.3 Å². The number of carbonyl (C=O) groups excluding carboxylic acids is 1. The zero-order valence-electron chi connectivity index (χ0n) is 9.07. The molecule has 0 fully saturated rings. The van der Waals surface area contributed by atoms with E-state index in [2.05, 4.69) is 0 Å². The van der Waals surface area contributed by atoms with Gasteiger partial charge in [-0.1, -0.05) is 32.1 Å². The zero-order valence-corrected chi connectivity index (χ0v) is 9.07. The molecule has 0 rings (SSSR count). The highest BCUT2D eigenvalue weighted by molar-refractivity contribution is 5.82. The van der Waals surface area contributed by atoms with Gasteiger partial charge in [-0.05, 0) is 12.8 Å². The molecule has 0 heterocycles. The fourth-order valence-electron chi connectivity index (χ4n) is 0.739. The Morgan fingerprint density at radius 2 is 2.07 bits per heavy atom. The Morgan fingerprint density at radius 3 is 2.57 bits per heavy atom. The van der Waals surface area contributed by atoms with Gasteiger partial charge in [0.2, 0.25) is 0 Å². The van der Waals surface area contributed by atoms with Gasteiger partial charge in [-0.15, -0.1) is 0 Å². The molecule has 14 heavy (non-hydrogen) atoms. The Labute approximate surface area is 85.6 Å². The second-order valence-electron chi connectivity index (χ2n) is 3.32. The average Bonchev–Trinajstić information content (AvgIpc) is 2.12. The molecule has 0 unspecified atom stereocenters. The highest BCUT2D eigenvalue weighted by Gasteiger charge is 2.00. The molecule has 80 valence electrons. The van der Waals surface area contributed by atoms with E-state index in [1.165, 1.54) is 6.08 Å². The van der Waals surface area contributed by atoms with Crippen LogP contribution >= 0.6 is 0 Å². The van der Waals surface area contributed by atoms with Crippen molar-refractivity contribution in [1.29, 1.82) is 0 Å². The number of hydrogen-bond donors (Lipinski definition) is 1. The molecule has 0 aromatic heterocycles. The summed E-state index contributed by atoms with van der Waals surface area (Å²) in [5.41, 5.74) is 5.76. The van der Waals surface area contributed by atoms with Crippen LogP contribution in [-0.4, -0.2) is 18.6 Å². The van der Waals surface area contributed by atoms with E-state index in [1.807, 2.05) is 19.9 Å². The van der Waals surface area contributed by atoms with E-state index < -0.39 is 0 Å². The number of hydrogen-bond acceptors (Lipinski definition) is 3. The van der Waals surface area contributed by atoms with Crippen LogP contribution in [0.2, 0.25) is 0 Å². The summed E-state index contributed by atoms with van der Waals surface area (Å²) in [6, 6.07) is 0.0295. The second-order valence-corrected chi connectivity index (χ2v) is 3.32. The van der Waals surface area contributed by atoms with Gasteiger partial charge in [-0.25, -0.2) is 4.79 Å². The second kappa shape index (κ2) is 7.33. The van der Waals surface area contributed by atoms with E-state index >= 15 is 0 Å². The van der Waals surface area contributed by atoms with Crippen LogP contribution in [0, 0.1) is 5.92 Å². The van der Waals surface area contributed by atoms with Gasteiger partial charge in [0.15, 0.2) is 0 Å². The standard InChI is InChI=1S/C11H19NO2/c1-4-14-11(13)8-6-5-7-10(12)9(2)3/h5-10H,4,12H2,1-3H3/b7-5+,8-6+/t10-/m1/s1. The summed E-state index contributed by atoms with van der Waals surface area (Å²) in [4.78, 5) is 10.8. The first-order chi connectivity index (χ1) is 6.57. The maximum absolute atomic E-state index is 10.8. The molecule has 0 aliphatic carbocycles. The molecule has 3 nitrogen and oxygen atoms in total. The smallest absolute Gasteiger partial charge is 0.330 e. The largest absolute Gasteiger partial charge is 0.463 e. The number of carbonyl (C=O) groups is 1. The molecule has 2 N–H and O–H groups in total. The van der Waals surface area contributed by atoms with Crippen molar-refractivity contribution in [3.63, 3.8) is 0 Å². The summed E-state index contributed by atoms with van der Waals surface area (Å²) >= 11 is 0. The number of ether oxygens (including phenoxy) is 1. The summed E-state index contributed by atoms with van der Waals surface area (Å²) in [6.07, 6.45) is 6.65. The molecule has 0 bridgehead atoms. The van der Waals surface area contributed by atoms with Gasteiger partial charge in [0.05, 0.1) is 6.61 Å². The van der Waals surface area contributed by atoms with Crippen LogP contribution in [0.25, 0.3) is 0 Å². The first-order valence-electron chi connectivity index (χ1n) is 4.85. The Balaban J connectivity index is 3.86. The number of rotatable bonds is 5. The Morgan fingerprint density at radius 1 is 1.43 bits per heavy atom. The van der Waals surface area contributed by atoms with Crippen molar-refractivity contribution < 1.29 is 9.53 Å². The van der Waals surface area contributed by atoms with Crippen molar-refractivity contribution in [1.82, 2.24) is 0 Å². The molecule has 0 radical (unpaired) electrons. The molecule has 0 saturated heterocycles. The Hall–Kier alpha value is -1.09. The molecule has 0 aliphatic rings. The molecular weight excluding hydrogens is 178 g/mol. The lowest BCUT2D eigenvalue weighted by Crippen LogP contribution is -2.23. The van der Waals surface area contributed by atoms with Crippen LogP contribution < -0.4 is 5.73 Å². The Kier molecular flexibility index (Phi) is 6.76. The molecule has 0 spiro atoms. The first-order valence-corrected chi connectivity index (χ1v) is 4.85. The van der Waals surface area contributed by atoms with Gasteiger partial charge < -0.3 is 10.5 Å². The summed E-state index contributed by atoms with van der Waals surface area (Å²) in [5, 5.41) is 0. The van der Waals surface area contributed by atoms with E-state index in [-0.39, 0.29) is 12.0 Å². The van der Waals surface area contributed by atoms with Gasteiger partial charge in [0.25, 0.3) is 0 Å². The van der Waals surface area contributed by atoms with Crippen molar-refractivity contribution >= 4 is 5.97 Å². The van der Waals surface area contributed by atoms with Gasteiger partial charge in [-0.2, -0.15) is 0 Å². The van der Waals surface area contributed by atoms with Crippen LogP contribution in [0.4, 0.5) is 0 Å². The molecule has 0 saturated carbocycles. The molecule has 0 amide bonds. The minimum atomic E-state index is -0.324. The predicted molar refractivity (Wildman–Crippen MR) is 57.7 cm³/mol. The van der Waals surface area contributed by atoms with E-state index in [0.29, 0.717) is 12.5 Å². The molecule has 0 aromatic carbocycles. The van der Waals surface area contributed by atoms with Crippen molar-refractivity contribution in [2.45, 2.75) is 26.8 Å². The zero-order chi connectivity index (χ0) is 11.0. The summed E-state index contributed by atoms with van der Waals surface area (Å²) in [5.74, 6) is 0.0810. The third kappa shape index (κ3) is 6.43. The van der Waals surface area contributed by atoms with Gasteiger partial charge in [0.1, 0.15) is 0 Å². The summed E-state index contributed by atoms with van der Waals surface area (Å²) in [7, 11) is 0. The number of nitrogens with two attached hydrogens (primary N) is 1. The lowest BCUT2D eigenvalue weighted by atomic mass is 10.1. The molecule has 0 aromatic rings. The third-order valence-corrected chi connectivity index (χ3v) is 1.73. The average molecular weight is 197 g/mol. The summed E-state index contributed by atoms with van der Waals surface area (Å²) in [6.45, 7) is 6.27. The lowest BCUT2D eigenvalue weighted by molar-refractivity contribution is -0.137. The fraction of sp³-hybridized carbons (Fsp3) is 0.545. The van der Waals surface area contributed by atoms with E-state index in [4.69, 9.17) is 10.5 Å². The Bertz CT molecular complexity index is 219. The normalized spacial score (nSPS) is 14.1. The maximum atomic E-state index is 10.8. The van der Waals surface area contributed by atoms with Crippen molar-refractivity contribution in [2.24, 2.45) is 11.7 Å². The van der Waals surface area contributed by atoms with Gasteiger partial charge in [0, 0.05) is 12.1 Å². The van der Waals surface area contributed by atoms with Crippen LogP contribution in [-0.2, 0) is 9.53 Å². The van der Waals surface area contributed by atoms with Crippen molar-refractivity contribution in [3.05, 3.63) is 24.3 Å².